The summed E-state index contributed by atoms with van der Waals surface area (Å²) in [7, 11) is -3.55. The minimum atomic E-state index is -3.55. The van der Waals surface area contributed by atoms with Gasteiger partial charge in [0.1, 0.15) is 11.8 Å². The Balaban J connectivity index is 1.24. The standard InChI is InChI=1S/C24H30N4O6S2/c1-36(33,34)27-19-13-16(4-7-21(19)29)22(30)14-25-17-8-10-28(11-9-17)18-5-2-15(3-6-18)12-20-23(31)35-24(32)26-20/h2-7,13,17,20,22,25,27,29-30H,8-12,14H2,1H3,(H,26,32)/t20?,22-/m1/s1. The van der Waals surface area contributed by atoms with Crippen molar-refractivity contribution in [3.63, 3.8) is 0 Å². The van der Waals surface area contributed by atoms with Gasteiger partial charge in [-0.3, -0.25) is 14.3 Å². The van der Waals surface area contributed by atoms with Gasteiger partial charge in [-0.25, -0.2) is 8.42 Å². The molecule has 0 radical (unpaired) electrons. The van der Waals surface area contributed by atoms with Gasteiger partial charge in [0.05, 0.1) is 18.0 Å². The molecule has 0 saturated carbocycles. The smallest absolute Gasteiger partial charge is 0.287 e. The van der Waals surface area contributed by atoms with Crippen molar-refractivity contribution in [2.75, 3.05) is 35.5 Å². The van der Waals surface area contributed by atoms with E-state index in [1.807, 2.05) is 24.3 Å². The predicted octanol–water partition coefficient (Wildman–Crippen LogP) is 1.95. The van der Waals surface area contributed by atoms with E-state index >= 15 is 0 Å². The Morgan fingerprint density at radius 2 is 1.83 bits per heavy atom. The third-order valence-electron chi connectivity index (χ3n) is 6.31. The normalized spacial score (nSPS) is 19.8. The predicted molar refractivity (Wildman–Crippen MR) is 140 cm³/mol. The van der Waals surface area contributed by atoms with Gasteiger partial charge in [-0.2, -0.15) is 0 Å². The van der Waals surface area contributed by atoms with Gasteiger partial charge < -0.3 is 25.7 Å². The van der Waals surface area contributed by atoms with Crippen molar-refractivity contribution < 1.29 is 28.2 Å². The van der Waals surface area contributed by atoms with Crippen LogP contribution in [0, 0.1) is 0 Å². The molecule has 1 amide bonds. The molecule has 5 N–H and O–H groups in total. The first-order chi connectivity index (χ1) is 17.1. The number of rotatable bonds is 9. The lowest BCUT2D eigenvalue weighted by atomic mass is 10.0. The average Bonchev–Trinajstić information content (AvgIpc) is 3.15. The Kier molecular flexibility index (Phi) is 8.08. The highest BCUT2D eigenvalue weighted by Crippen LogP contribution is 2.28. The number of aromatic hydroxyl groups is 1. The molecule has 12 heteroatoms. The molecule has 0 aliphatic carbocycles. The number of benzene rings is 2. The number of hydrogen-bond donors (Lipinski definition) is 5. The van der Waals surface area contributed by atoms with Gasteiger partial charge in [0.15, 0.2) is 0 Å². The molecule has 4 rings (SSSR count). The molecule has 194 valence electrons. The maximum Gasteiger partial charge on any atom is 0.287 e. The Morgan fingerprint density at radius 3 is 2.44 bits per heavy atom. The van der Waals surface area contributed by atoms with Gasteiger partial charge in [-0.1, -0.05) is 18.2 Å². The maximum absolute atomic E-state index is 11.8. The molecule has 2 aromatic rings. The number of thioether (sulfide) groups is 1. The molecule has 0 spiro atoms. The molecule has 2 saturated heterocycles. The van der Waals surface area contributed by atoms with Crippen LogP contribution in [0.4, 0.5) is 16.2 Å². The monoisotopic (exact) mass is 534 g/mol. The number of phenols is 1. The summed E-state index contributed by atoms with van der Waals surface area (Å²) in [5, 5.41) is 26.1. The number of anilines is 2. The summed E-state index contributed by atoms with van der Waals surface area (Å²) in [6.07, 6.45) is 2.41. The average molecular weight is 535 g/mol. The minimum absolute atomic E-state index is 0.0341. The van der Waals surface area contributed by atoms with Gasteiger partial charge in [0.25, 0.3) is 5.24 Å². The van der Waals surface area contributed by atoms with Crippen LogP contribution in [0.3, 0.4) is 0 Å². The molecule has 2 fully saturated rings. The van der Waals surface area contributed by atoms with Crippen LogP contribution in [0.15, 0.2) is 42.5 Å². The van der Waals surface area contributed by atoms with Crippen molar-refractivity contribution in [3.05, 3.63) is 53.6 Å². The molecule has 2 aliphatic heterocycles. The largest absolute Gasteiger partial charge is 0.506 e. The first kappa shape index (κ1) is 26.3. The fraction of sp³-hybridized carbons (Fsp3) is 0.417. The molecule has 2 heterocycles. The van der Waals surface area contributed by atoms with Crippen molar-refractivity contribution in [1.29, 1.82) is 0 Å². The number of carbonyl (C=O) groups excluding carboxylic acids is 2. The highest BCUT2D eigenvalue weighted by Gasteiger charge is 2.31. The zero-order chi connectivity index (χ0) is 25.9. The van der Waals surface area contributed by atoms with E-state index in [0.717, 1.165) is 55.2 Å². The summed E-state index contributed by atoms with van der Waals surface area (Å²) in [5.41, 5.74) is 2.63. The highest BCUT2D eigenvalue weighted by molar-refractivity contribution is 8.26. The van der Waals surface area contributed by atoms with Crippen LogP contribution in [0.2, 0.25) is 0 Å². The lowest BCUT2D eigenvalue weighted by Gasteiger charge is -2.34. The molecular weight excluding hydrogens is 504 g/mol. The van der Waals surface area contributed by atoms with Crippen LogP contribution >= 0.6 is 11.8 Å². The number of sulfonamides is 1. The van der Waals surface area contributed by atoms with E-state index in [0.29, 0.717) is 18.5 Å². The number of hydrogen-bond acceptors (Lipinski definition) is 9. The number of carbonyl (C=O) groups is 2. The third-order valence-corrected chi connectivity index (χ3v) is 7.69. The lowest BCUT2D eigenvalue weighted by molar-refractivity contribution is -0.112. The summed E-state index contributed by atoms with van der Waals surface area (Å²) in [5.74, 6) is -0.206. The molecular formula is C24H30N4O6S2. The topological polar surface area (TPSA) is 148 Å². The summed E-state index contributed by atoms with van der Waals surface area (Å²) < 4.78 is 25.2. The second-order valence-electron chi connectivity index (χ2n) is 9.11. The number of nitrogens with zero attached hydrogens (tertiary/aromatic N) is 1. The van der Waals surface area contributed by atoms with E-state index in [1.54, 1.807) is 6.07 Å². The Bertz CT molecular complexity index is 1210. The van der Waals surface area contributed by atoms with Gasteiger partial charge in [-0.05, 0) is 48.2 Å². The SMILES string of the molecule is CS(=O)(=O)Nc1cc([C@H](O)CNC2CCN(c3ccc(CC4NC(=O)SC4=O)cc3)CC2)ccc1O. The highest BCUT2D eigenvalue weighted by atomic mass is 32.2. The zero-order valence-electron chi connectivity index (χ0n) is 19.8. The molecule has 1 unspecified atom stereocenters. The fourth-order valence-corrected chi connectivity index (χ4v) is 5.62. The summed E-state index contributed by atoms with van der Waals surface area (Å²) in [6.45, 7) is 2.00. The Hall–Kier alpha value is -2.80. The van der Waals surface area contributed by atoms with Crippen LogP contribution < -0.4 is 20.3 Å². The van der Waals surface area contributed by atoms with E-state index in [-0.39, 0.29) is 27.8 Å². The molecule has 0 bridgehead atoms. The van der Waals surface area contributed by atoms with Crippen LogP contribution in [-0.4, -0.2) is 67.0 Å². The van der Waals surface area contributed by atoms with Crippen molar-refractivity contribution in [2.24, 2.45) is 0 Å². The molecule has 2 aliphatic rings. The number of phenolic OH excluding ortho intramolecular Hbond substituents is 1. The second-order valence-corrected chi connectivity index (χ2v) is 11.8. The summed E-state index contributed by atoms with van der Waals surface area (Å²) >= 11 is 0.728. The van der Waals surface area contributed by atoms with E-state index in [1.165, 1.54) is 12.1 Å². The van der Waals surface area contributed by atoms with Crippen molar-refractivity contribution >= 4 is 43.5 Å². The second kappa shape index (κ2) is 11.1. The van der Waals surface area contributed by atoms with Crippen LogP contribution in [0.5, 0.6) is 5.75 Å². The van der Waals surface area contributed by atoms with Gasteiger partial charge in [0.2, 0.25) is 15.1 Å². The molecule has 2 atom stereocenters. The third kappa shape index (κ3) is 6.90. The first-order valence-electron chi connectivity index (χ1n) is 11.7. The van der Waals surface area contributed by atoms with Crippen molar-refractivity contribution in [1.82, 2.24) is 10.6 Å². The number of aliphatic hydroxyl groups excluding tert-OH is 1. The van der Waals surface area contributed by atoms with Crippen LogP contribution in [-0.2, 0) is 21.2 Å². The van der Waals surface area contributed by atoms with E-state index < -0.39 is 22.2 Å². The summed E-state index contributed by atoms with van der Waals surface area (Å²) in [4.78, 5) is 25.4. The quantitative estimate of drug-likeness (QED) is 0.304. The first-order valence-corrected chi connectivity index (χ1v) is 14.4. The van der Waals surface area contributed by atoms with E-state index in [9.17, 15) is 28.2 Å². The summed E-state index contributed by atoms with van der Waals surface area (Å²) in [6, 6.07) is 12.2. The molecule has 2 aromatic carbocycles. The fourth-order valence-electron chi connectivity index (χ4n) is 4.39. The zero-order valence-corrected chi connectivity index (χ0v) is 21.4. The molecule has 0 aromatic heterocycles. The van der Waals surface area contributed by atoms with E-state index in [2.05, 4.69) is 20.3 Å². The number of piperidine rings is 1. The molecule has 10 nitrogen and oxygen atoms in total. The van der Waals surface area contributed by atoms with Gasteiger partial charge >= 0.3 is 0 Å². The van der Waals surface area contributed by atoms with Crippen LogP contribution in [0.1, 0.15) is 30.1 Å². The number of aliphatic hydroxyl groups is 1. The minimum Gasteiger partial charge on any atom is -0.506 e. The lowest BCUT2D eigenvalue weighted by Crippen LogP contribution is -2.43. The Morgan fingerprint density at radius 1 is 1.14 bits per heavy atom. The van der Waals surface area contributed by atoms with E-state index in [4.69, 9.17) is 0 Å². The van der Waals surface area contributed by atoms with Crippen LogP contribution in [0.25, 0.3) is 0 Å². The maximum atomic E-state index is 11.8. The van der Waals surface area contributed by atoms with Gasteiger partial charge in [0, 0.05) is 49.5 Å². The van der Waals surface area contributed by atoms with Crippen molar-refractivity contribution in [2.45, 2.75) is 37.5 Å². The molecule has 36 heavy (non-hydrogen) atoms. The van der Waals surface area contributed by atoms with Crippen molar-refractivity contribution in [3.8, 4) is 5.75 Å². The number of nitrogens with one attached hydrogen (secondary N) is 3. The van der Waals surface area contributed by atoms with Gasteiger partial charge in [-0.15, -0.1) is 0 Å². The Labute approximate surface area is 214 Å². The number of amides is 1.